The maximum absolute atomic E-state index is 5.34. The first-order valence-electron chi connectivity index (χ1n) is 6.79. The molecular weight excluding hydrogens is 258 g/mol. The van der Waals surface area contributed by atoms with E-state index in [0.717, 1.165) is 23.8 Å². The van der Waals surface area contributed by atoms with Gasteiger partial charge in [0.15, 0.2) is 0 Å². The maximum Gasteiger partial charge on any atom is 0.122 e. The smallest absolute Gasteiger partial charge is 0.122 e. The molecule has 1 aromatic carbocycles. The van der Waals surface area contributed by atoms with Crippen molar-refractivity contribution < 1.29 is 9.47 Å². The van der Waals surface area contributed by atoms with E-state index in [9.17, 15) is 0 Å². The van der Waals surface area contributed by atoms with Gasteiger partial charge in [-0.1, -0.05) is 13.8 Å². The first-order chi connectivity index (χ1) is 9.24. The second-order valence-electron chi connectivity index (χ2n) is 4.33. The molecule has 0 aromatic heterocycles. The van der Waals surface area contributed by atoms with Crippen LogP contribution < -0.4 is 14.8 Å². The van der Waals surface area contributed by atoms with Crippen molar-refractivity contribution >= 4 is 11.8 Å². The molecule has 108 valence electrons. The SMILES string of the molecule is CCCSCC(NCC)c1cc(OC)cc(OC)c1. The third kappa shape index (κ3) is 5.33. The Morgan fingerprint density at radius 3 is 2.21 bits per heavy atom. The molecule has 4 heteroatoms. The standard InChI is InChI=1S/C15H25NO2S/c1-5-7-19-11-15(16-6-2)12-8-13(17-3)10-14(9-12)18-4/h8-10,15-16H,5-7,11H2,1-4H3. The van der Waals surface area contributed by atoms with Crippen molar-refractivity contribution in [1.82, 2.24) is 5.32 Å². The van der Waals surface area contributed by atoms with Crippen molar-refractivity contribution in [2.45, 2.75) is 26.3 Å². The number of hydrogen-bond donors (Lipinski definition) is 1. The molecule has 19 heavy (non-hydrogen) atoms. The molecule has 0 saturated carbocycles. The van der Waals surface area contributed by atoms with Crippen LogP contribution in [0.2, 0.25) is 0 Å². The second-order valence-corrected chi connectivity index (χ2v) is 5.48. The summed E-state index contributed by atoms with van der Waals surface area (Å²) in [5, 5.41) is 3.53. The molecular formula is C15H25NO2S. The van der Waals surface area contributed by atoms with Gasteiger partial charge in [-0.3, -0.25) is 0 Å². The fourth-order valence-electron chi connectivity index (χ4n) is 1.90. The molecule has 0 saturated heterocycles. The van der Waals surface area contributed by atoms with Crippen molar-refractivity contribution in [1.29, 1.82) is 0 Å². The van der Waals surface area contributed by atoms with E-state index in [-0.39, 0.29) is 0 Å². The first-order valence-corrected chi connectivity index (χ1v) is 7.94. The van der Waals surface area contributed by atoms with Gasteiger partial charge in [0.1, 0.15) is 11.5 Å². The zero-order valence-corrected chi connectivity index (χ0v) is 13.2. The summed E-state index contributed by atoms with van der Waals surface area (Å²) in [5.74, 6) is 3.96. The third-order valence-corrected chi connectivity index (χ3v) is 4.13. The number of thioether (sulfide) groups is 1. The van der Waals surface area contributed by atoms with Gasteiger partial charge in [-0.05, 0) is 36.4 Å². The number of benzene rings is 1. The van der Waals surface area contributed by atoms with Crippen LogP contribution in [0.1, 0.15) is 31.9 Å². The molecule has 0 radical (unpaired) electrons. The van der Waals surface area contributed by atoms with Crippen molar-refractivity contribution in [2.75, 3.05) is 32.3 Å². The normalized spacial score (nSPS) is 12.2. The van der Waals surface area contributed by atoms with Crippen molar-refractivity contribution in [3.8, 4) is 11.5 Å². The largest absolute Gasteiger partial charge is 0.497 e. The van der Waals surface area contributed by atoms with E-state index in [0.29, 0.717) is 6.04 Å². The predicted octanol–water partition coefficient (Wildman–Crippen LogP) is 3.50. The number of methoxy groups -OCH3 is 2. The van der Waals surface area contributed by atoms with E-state index in [1.165, 1.54) is 17.7 Å². The van der Waals surface area contributed by atoms with Crippen LogP contribution in [0, 0.1) is 0 Å². The Bertz CT molecular complexity index is 349. The van der Waals surface area contributed by atoms with Crippen LogP contribution in [-0.4, -0.2) is 32.3 Å². The Hall–Kier alpha value is -0.870. The summed E-state index contributed by atoms with van der Waals surface area (Å²) in [6, 6.07) is 6.42. The quantitative estimate of drug-likeness (QED) is 0.703. The number of rotatable bonds is 9. The fourth-order valence-corrected chi connectivity index (χ4v) is 2.90. The molecule has 0 aliphatic rings. The number of ether oxygens (including phenoxy) is 2. The molecule has 0 aliphatic heterocycles. The lowest BCUT2D eigenvalue weighted by molar-refractivity contribution is 0.392. The third-order valence-electron chi connectivity index (χ3n) is 2.86. The van der Waals surface area contributed by atoms with E-state index >= 15 is 0 Å². The minimum absolute atomic E-state index is 0.338. The lowest BCUT2D eigenvalue weighted by Gasteiger charge is -2.19. The average molecular weight is 283 g/mol. The summed E-state index contributed by atoms with van der Waals surface area (Å²) in [4.78, 5) is 0. The summed E-state index contributed by atoms with van der Waals surface area (Å²) in [6.07, 6.45) is 1.21. The molecule has 1 rings (SSSR count). The predicted molar refractivity (Wildman–Crippen MR) is 83.6 cm³/mol. The molecule has 0 fully saturated rings. The van der Waals surface area contributed by atoms with Crippen LogP contribution >= 0.6 is 11.8 Å². The number of nitrogens with one attached hydrogen (secondary N) is 1. The molecule has 0 bridgehead atoms. The van der Waals surface area contributed by atoms with Gasteiger partial charge >= 0.3 is 0 Å². The van der Waals surface area contributed by atoms with E-state index in [1.807, 2.05) is 17.8 Å². The zero-order valence-electron chi connectivity index (χ0n) is 12.4. The highest BCUT2D eigenvalue weighted by molar-refractivity contribution is 7.99. The molecule has 0 heterocycles. The summed E-state index contributed by atoms with van der Waals surface area (Å²) in [5.41, 5.74) is 1.22. The van der Waals surface area contributed by atoms with Gasteiger partial charge < -0.3 is 14.8 Å². The van der Waals surface area contributed by atoms with E-state index < -0.39 is 0 Å². The van der Waals surface area contributed by atoms with Crippen LogP contribution in [-0.2, 0) is 0 Å². The van der Waals surface area contributed by atoms with E-state index in [1.54, 1.807) is 14.2 Å². The van der Waals surface area contributed by atoms with Crippen LogP contribution in [0.5, 0.6) is 11.5 Å². The molecule has 1 unspecified atom stereocenters. The lowest BCUT2D eigenvalue weighted by atomic mass is 10.1. The monoisotopic (exact) mass is 283 g/mol. The summed E-state index contributed by atoms with van der Waals surface area (Å²) < 4.78 is 10.7. The highest BCUT2D eigenvalue weighted by Crippen LogP contribution is 2.28. The minimum Gasteiger partial charge on any atom is -0.497 e. The lowest BCUT2D eigenvalue weighted by Crippen LogP contribution is -2.23. The first kappa shape index (κ1) is 16.2. The van der Waals surface area contributed by atoms with E-state index in [2.05, 4.69) is 31.3 Å². The van der Waals surface area contributed by atoms with Gasteiger partial charge in [-0.2, -0.15) is 11.8 Å². The topological polar surface area (TPSA) is 30.5 Å². The molecule has 0 spiro atoms. The zero-order chi connectivity index (χ0) is 14.1. The average Bonchev–Trinajstić information content (AvgIpc) is 2.46. The maximum atomic E-state index is 5.34. The molecule has 1 N–H and O–H groups in total. The van der Waals surface area contributed by atoms with Gasteiger partial charge in [0.05, 0.1) is 14.2 Å². The van der Waals surface area contributed by atoms with Gasteiger partial charge in [0.25, 0.3) is 0 Å². The van der Waals surface area contributed by atoms with Crippen LogP contribution in [0.15, 0.2) is 18.2 Å². The van der Waals surface area contributed by atoms with Gasteiger partial charge in [0, 0.05) is 17.9 Å². The highest BCUT2D eigenvalue weighted by Gasteiger charge is 2.13. The Morgan fingerprint density at radius 1 is 1.11 bits per heavy atom. The Kier molecular flexibility index (Phi) is 7.75. The Labute approximate surface area is 121 Å². The van der Waals surface area contributed by atoms with Crippen molar-refractivity contribution in [3.63, 3.8) is 0 Å². The Morgan fingerprint density at radius 2 is 1.74 bits per heavy atom. The van der Waals surface area contributed by atoms with Crippen LogP contribution in [0.4, 0.5) is 0 Å². The van der Waals surface area contributed by atoms with Gasteiger partial charge in [-0.25, -0.2) is 0 Å². The fraction of sp³-hybridized carbons (Fsp3) is 0.600. The summed E-state index contributed by atoms with van der Waals surface area (Å²) in [6.45, 7) is 5.30. The molecule has 3 nitrogen and oxygen atoms in total. The minimum atomic E-state index is 0.338. The molecule has 0 amide bonds. The number of hydrogen-bond acceptors (Lipinski definition) is 4. The molecule has 0 aliphatic carbocycles. The van der Waals surface area contributed by atoms with Crippen molar-refractivity contribution in [2.24, 2.45) is 0 Å². The molecule has 1 atom stereocenters. The highest BCUT2D eigenvalue weighted by atomic mass is 32.2. The van der Waals surface area contributed by atoms with E-state index in [4.69, 9.17) is 9.47 Å². The Balaban J connectivity index is 2.86. The van der Waals surface area contributed by atoms with Crippen LogP contribution in [0.25, 0.3) is 0 Å². The molecule has 1 aromatic rings. The van der Waals surface area contributed by atoms with Crippen molar-refractivity contribution in [3.05, 3.63) is 23.8 Å². The van der Waals surface area contributed by atoms with Crippen LogP contribution in [0.3, 0.4) is 0 Å². The summed E-state index contributed by atoms with van der Waals surface area (Å²) >= 11 is 1.98. The van der Waals surface area contributed by atoms with Gasteiger partial charge in [0.2, 0.25) is 0 Å². The summed E-state index contributed by atoms with van der Waals surface area (Å²) in [7, 11) is 3.37. The van der Waals surface area contributed by atoms with Gasteiger partial charge in [-0.15, -0.1) is 0 Å². The second kappa shape index (κ2) is 9.10.